The van der Waals surface area contributed by atoms with Crippen LogP contribution in [0.3, 0.4) is 0 Å². The third-order valence-electron chi connectivity index (χ3n) is 2.31. The molecule has 0 aromatic carbocycles. The average Bonchev–Trinajstić information content (AvgIpc) is 2.96. The Bertz CT molecular complexity index is 549. The molecule has 6 nitrogen and oxygen atoms in total. The van der Waals surface area contributed by atoms with Crippen molar-refractivity contribution in [2.75, 3.05) is 7.11 Å². The van der Waals surface area contributed by atoms with E-state index in [0.29, 0.717) is 16.9 Å². The highest BCUT2D eigenvalue weighted by Crippen LogP contribution is 2.28. The number of carbonyl (C=O) groups is 1. The van der Waals surface area contributed by atoms with Gasteiger partial charge in [-0.3, -0.25) is 4.79 Å². The van der Waals surface area contributed by atoms with Crippen LogP contribution in [0.1, 0.15) is 12.7 Å². The maximum Gasteiger partial charge on any atom is 0.319 e. The number of ether oxygens (including phenoxy) is 1. The van der Waals surface area contributed by atoms with Gasteiger partial charge in [0.1, 0.15) is 11.0 Å². The molecule has 0 aliphatic heterocycles. The van der Waals surface area contributed by atoms with Crippen LogP contribution in [-0.4, -0.2) is 28.5 Å². The molecule has 2 rings (SSSR count). The summed E-state index contributed by atoms with van der Waals surface area (Å²) < 4.78 is 15.2. The first-order chi connectivity index (χ1) is 8.61. The van der Waals surface area contributed by atoms with Gasteiger partial charge >= 0.3 is 5.97 Å². The second-order valence-corrected chi connectivity index (χ2v) is 4.84. The molecule has 0 radical (unpaired) electrons. The fraction of sp³-hybridized carbons (Fsp3) is 0.364. The first-order valence-corrected chi connectivity index (χ1v) is 6.12. The summed E-state index contributed by atoms with van der Waals surface area (Å²) in [6, 6.07) is 1.75. The third kappa shape index (κ3) is 2.56. The highest BCUT2D eigenvalue weighted by Gasteiger charge is 2.19. The zero-order chi connectivity index (χ0) is 13.1. The van der Waals surface area contributed by atoms with E-state index in [1.54, 1.807) is 19.3 Å². The van der Waals surface area contributed by atoms with Gasteiger partial charge in [0, 0.05) is 0 Å². The molecule has 0 N–H and O–H groups in total. The van der Waals surface area contributed by atoms with Crippen molar-refractivity contribution in [1.82, 2.24) is 10.2 Å². The van der Waals surface area contributed by atoms with Gasteiger partial charge in [-0.2, -0.15) is 0 Å². The van der Waals surface area contributed by atoms with Gasteiger partial charge in [-0.15, -0.1) is 10.2 Å². The summed E-state index contributed by atoms with van der Waals surface area (Å²) in [7, 11) is 1.34. The fourth-order valence-electron chi connectivity index (χ4n) is 1.34. The molecule has 96 valence electrons. The Morgan fingerprint density at radius 2 is 2.28 bits per heavy atom. The van der Waals surface area contributed by atoms with E-state index in [9.17, 15) is 4.79 Å². The normalized spacial score (nSPS) is 12.4. The SMILES string of the molecule is COC(=O)[C@H](C)Sc1nnc(-c2ccoc2C)o1. The van der Waals surface area contributed by atoms with Crippen molar-refractivity contribution in [2.24, 2.45) is 0 Å². The molecule has 0 aliphatic carbocycles. The largest absolute Gasteiger partial charge is 0.469 e. The van der Waals surface area contributed by atoms with Gasteiger partial charge in [0.05, 0.1) is 18.9 Å². The van der Waals surface area contributed by atoms with Crippen LogP contribution in [0, 0.1) is 6.92 Å². The van der Waals surface area contributed by atoms with Crippen LogP contribution in [0.4, 0.5) is 0 Å². The van der Waals surface area contributed by atoms with Crippen molar-refractivity contribution < 1.29 is 18.4 Å². The summed E-state index contributed by atoms with van der Waals surface area (Å²) in [6.45, 7) is 3.52. The second kappa shape index (κ2) is 5.26. The summed E-state index contributed by atoms with van der Waals surface area (Å²) >= 11 is 1.15. The van der Waals surface area contributed by atoms with Gasteiger partial charge in [-0.25, -0.2) is 0 Å². The minimum atomic E-state index is -0.395. The minimum absolute atomic E-state index is 0.323. The maximum absolute atomic E-state index is 11.3. The Balaban J connectivity index is 2.12. The number of aromatic nitrogens is 2. The average molecular weight is 268 g/mol. The quantitative estimate of drug-likeness (QED) is 0.621. The van der Waals surface area contributed by atoms with Crippen LogP contribution in [0.2, 0.25) is 0 Å². The predicted molar refractivity (Wildman–Crippen MR) is 64.1 cm³/mol. The number of methoxy groups -OCH3 is 1. The Morgan fingerprint density at radius 3 is 2.89 bits per heavy atom. The van der Waals surface area contributed by atoms with E-state index in [0.717, 1.165) is 17.3 Å². The summed E-state index contributed by atoms with van der Waals surface area (Å²) in [6.07, 6.45) is 1.55. The summed E-state index contributed by atoms with van der Waals surface area (Å²) in [5.41, 5.74) is 0.750. The lowest BCUT2D eigenvalue weighted by molar-refractivity contribution is -0.139. The van der Waals surface area contributed by atoms with Gasteiger partial charge in [-0.1, -0.05) is 11.8 Å². The van der Waals surface area contributed by atoms with Crippen molar-refractivity contribution >= 4 is 17.7 Å². The monoisotopic (exact) mass is 268 g/mol. The molecular weight excluding hydrogens is 256 g/mol. The number of furan rings is 1. The lowest BCUT2D eigenvalue weighted by Crippen LogP contribution is -2.14. The summed E-state index contributed by atoms with van der Waals surface area (Å²) in [5.74, 6) is 0.747. The topological polar surface area (TPSA) is 78.4 Å². The molecule has 0 spiro atoms. The van der Waals surface area contributed by atoms with Gasteiger partial charge in [-0.05, 0) is 19.9 Å². The van der Waals surface area contributed by atoms with E-state index < -0.39 is 5.25 Å². The molecular formula is C11H12N2O4S. The molecule has 0 saturated carbocycles. The molecule has 0 unspecified atom stereocenters. The number of hydrogen-bond donors (Lipinski definition) is 0. The number of carbonyl (C=O) groups excluding carboxylic acids is 1. The van der Waals surface area contributed by atoms with Crippen molar-refractivity contribution in [2.45, 2.75) is 24.3 Å². The molecule has 0 fully saturated rings. The standard InChI is InChI=1S/C11H12N2O4S/c1-6-8(4-5-16-6)9-12-13-11(17-9)18-7(2)10(14)15-3/h4-5,7H,1-3H3/t7-/m0/s1. The van der Waals surface area contributed by atoms with E-state index in [2.05, 4.69) is 14.9 Å². The predicted octanol–water partition coefficient (Wildman–Crippen LogP) is 2.29. The van der Waals surface area contributed by atoms with Gasteiger partial charge in [0.25, 0.3) is 11.1 Å². The van der Waals surface area contributed by atoms with Gasteiger partial charge in [0.15, 0.2) is 0 Å². The summed E-state index contributed by atoms with van der Waals surface area (Å²) in [5, 5.41) is 7.70. The Kier molecular flexibility index (Phi) is 3.71. The van der Waals surface area contributed by atoms with Crippen molar-refractivity contribution in [3.05, 3.63) is 18.1 Å². The first-order valence-electron chi connectivity index (χ1n) is 5.24. The molecule has 0 aliphatic rings. The van der Waals surface area contributed by atoms with Crippen LogP contribution in [0.25, 0.3) is 11.5 Å². The minimum Gasteiger partial charge on any atom is -0.469 e. The van der Waals surface area contributed by atoms with Crippen molar-refractivity contribution in [1.29, 1.82) is 0 Å². The molecule has 1 atom stereocenters. The van der Waals surface area contributed by atoms with Crippen LogP contribution in [-0.2, 0) is 9.53 Å². The number of hydrogen-bond acceptors (Lipinski definition) is 7. The molecule has 2 aromatic heterocycles. The van der Waals surface area contributed by atoms with Crippen LogP contribution >= 0.6 is 11.8 Å². The van der Waals surface area contributed by atoms with E-state index in [4.69, 9.17) is 8.83 Å². The van der Waals surface area contributed by atoms with E-state index in [1.165, 1.54) is 7.11 Å². The van der Waals surface area contributed by atoms with E-state index in [-0.39, 0.29) is 5.97 Å². The highest BCUT2D eigenvalue weighted by atomic mass is 32.2. The second-order valence-electron chi connectivity index (χ2n) is 3.55. The Hall–Kier alpha value is -1.76. The number of nitrogens with zero attached hydrogens (tertiary/aromatic N) is 2. The first kappa shape index (κ1) is 12.7. The number of rotatable bonds is 4. The summed E-state index contributed by atoms with van der Waals surface area (Å²) in [4.78, 5) is 11.3. The zero-order valence-electron chi connectivity index (χ0n) is 10.2. The van der Waals surface area contributed by atoms with Crippen molar-refractivity contribution in [3.8, 4) is 11.5 Å². The van der Waals surface area contributed by atoms with Gasteiger partial charge < -0.3 is 13.6 Å². The number of aryl methyl sites for hydroxylation is 1. The molecule has 2 heterocycles. The lowest BCUT2D eigenvalue weighted by atomic mass is 10.3. The van der Waals surface area contributed by atoms with Crippen molar-refractivity contribution in [3.63, 3.8) is 0 Å². The molecule has 2 aromatic rings. The van der Waals surface area contributed by atoms with E-state index in [1.807, 2.05) is 6.92 Å². The number of esters is 1. The van der Waals surface area contributed by atoms with Crippen LogP contribution < -0.4 is 0 Å². The smallest absolute Gasteiger partial charge is 0.319 e. The Morgan fingerprint density at radius 1 is 1.50 bits per heavy atom. The van der Waals surface area contributed by atoms with Gasteiger partial charge in [0.2, 0.25) is 0 Å². The Labute approximate surface area is 108 Å². The molecule has 0 saturated heterocycles. The highest BCUT2D eigenvalue weighted by molar-refractivity contribution is 8.00. The third-order valence-corrected chi connectivity index (χ3v) is 3.22. The maximum atomic E-state index is 11.3. The van der Waals surface area contributed by atoms with E-state index >= 15 is 0 Å². The van der Waals surface area contributed by atoms with Crippen LogP contribution in [0.15, 0.2) is 26.4 Å². The molecule has 18 heavy (non-hydrogen) atoms. The molecule has 0 bridgehead atoms. The zero-order valence-corrected chi connectivity index (χ0v) is 11.0. The van der Waals surface area contributed by atoms with Crippen LogP contribution in [0.5, 0.6) is 0 Å². The lowest BCUT2D eigenvalue weighted by Gasteiger charge is -2.04. The fourth-order valence-corrected chi connectivity index (χ4v) is 2.05. The molecule has 0 amide bonds. The number of thioether (sulfide) groups is 1. The molecule has 7 heteroatoms.